The molecule has 4 heterocycles. The van der Waals surface area contributed by atoms with Gasteiger partial charge >= 0.3 is 0 Å². The second-order valence-electron chi connectivity index (χ2n) is 6.41. The normalized spacial score (nSPS) is 30.2. The summed E-state index contributed by atoms with van der Waals surface area (Å²) < 4.78 is 0. The van der Waals surface area contributed by atoms with Crippen molar-refractivity contribution in [3.63, 3.8) is 0 Å². The number of piperidine rings is 1. The minimum atomic E-state index is -0.403. The minimum absolute atomic E-state index is 0.0539. The quantitative estimate of drug-likeness (QED) is 0.872. The molecule has 23 heavy (non-hydrogen) atoms. The molecule has 0 bridgehead atoms. The van der Waals surface area contributed by atoms with Crippen molar-refractivity contribution < 1.29 is 14.4 Å². The van der Waals surface area contributed by atoms with Gasteiger partial charge in [0.05, 0.1) is 4.88 Å². The van der Waals surface area contributed by atoms with Gasteiger partial charge in [0.2, 0.25) is 11.8 Å². The van der Waals surface area contributed by atoms with Crippen LogP contribution in [-0.2, 0) is 9.59 Å². The van der Waals surface area contributed by atoms with Crippen LogP contribution in [0.25, 0.3) is 0 Å². The van der Waals surface area contributed by atoms with Gasteiger partial charge in [0.1, 0.15) is 12.1 Å². The van der Waals surface area contributed by atoms with Crippen molar-refractivity contribution in [1.29, 1.82) is 0 Å². The van der Waals surface area contributed by atoms with E-state index in [1.165, 1.54) is 11.3 Å². The van der Waals surface area contributed by atoms with Crippen LogP contribution >= 0.6 is 11.3 Å². The maximum atomic E-state index is 12.7. The van der Waals surface area contributed by atoms with Crippen LogP contribution in [0.5, 0.6) is 0 Å². The molecule has 6 nitrogen and oxygen atoms in total. The van der Waals surface area contributed by atoms with Gasteiger partial charge in [0, 0.05) is 19.1 Å². The van der Waals surface area contributed by atoms with E-state index in [1.54, 1.807) is 15.9 Å². The van der Waals surface area contributed by atoms with Crippen LogP contribution in [0.2, 0.25) is 0 Å². The van der Waals surface area contributed by atoms with Crippen LogP contribution in [0.1, 0.15) is 35.4 Å². The number of hydrogen-bond donors (Lipinski definition) is 1. The third-order valence-corrected chi connectivity index (χ3v) is 5.94. The van der Waals surface area contributed by atoms with E-state index in [2.05, 4.69) is 5.32 Å². The molecule has 3 atom stereocenters. The first-order chi connectivity index (χ1) is 11.1. The van der Waals surface area contributed by atoms with E-state index in [0.29, 0.717) is 30.8 Å². The summed E-state index contributed by atoms with van der Waals surface area (Å²) in [6, 6.07) is 2.94. The Kier molecular flexibility index (Phi) is 3.60. The smallest absolute Gasteiger partial charge is 0.261 e. The number of carbonyl (C=O) groups excluding carboxylic acids is 3. The van der Waals surface area contributed by atoms with Crippen molar-refractivity contribution >= 4 is 29.1 Å². The Labute approximate surface area is 138 Å². The summed E-state index contributed by atoms with van der Waals surface area (Å²) in [6.07, 6.45) is 2.91. The number of thiophene rings is 1. The standard InChI is InChI=1S/C16H19N3O3S/c20-14(13-4-2-8-23-13)17-10-5-7-19-12(9-10)16(22)18-6-1-3-11(18)15(19)21/h2,4,8,10-12H,1,3,5-7,9H2,(H,17,20)/t10-,11+,12-/m0/s1. The Bertz CT molecular complexity index is 645. The van der Waals surface area contributed by atoms with Crippen molar-refractivity contribution in [2.24, 2.45) is 0 Å². The summed E-state index contributed by atoms with van der Waals surface area (Å²) >= 11 is 1.40. The number of hydrogen-bond acceptors (Lipinski definition) is 4. The molecule has 0 radical (unpaired) electrons. The molecule has 122 valence electrons. The summed E-state index contributed by atoms with van der Waals surface area (Å²) in [7, 11) is 0. The van der Waals surface area contributed by atoms with Gasteiger partial charge in [0.25, 0.3) is 5.91 Å². The van der Waals surface area contributed by atoms with Gasteiger partial charge in [0.15, 0.2) is 0 Å². The summed E-state index contributed by atoms with van der Waals surface area (Å²) in [5, 5.41) is 4.88. The van der Waals surface area contributed by atoms with Crippen molar-refractivity contribution in [2.75, 3.05) is 13.1 Å². The van der Waals surface area contributed by atoms with Gasteiger partial charge in [-0.2, -0.15) is 0 Å². The topological polar surface area (TPSA) is 69.7 Å². The lowest BCUT2D eigenvalue weighted by Crippen LogP contribution is -2.66. The Morgan fingerprint density at radius 1 is 1.13 bits per heavy atom. The SMILES string of the molecule is O=C(N[C@H]1CCN2C(=O)[C@H]3CCCN3C(=O)[C@@H]2C1)c1cccs1. The lowest BCUT2D eigenvalue weighted by Gasteiger charge is -2.46. The molecule has 1 N–H and O–H groups in total. The van der Waals surface area contributed by atoms with Crippen LogP contribution in [0.3, 0.4) is 0 Å². The van der Waals surface area contributed by atoms with Crippen molar-refractivity contribution in [3.8, 4) is 0 Å². The first kappa shape index (κ1) is 14.7. The second kappa shape index (κ2) is 5.63. The third-order valence-electron chi connectivity index (χ3n) is 5.07. The zero-order chi connectivity index (χ0) is 16.0. The van der Waals surface area contributed by atoms with E-state index >= 15 is 0 Å². The highest BCUT2D eigenvalue weighted by molar-refractivity contribution is 7.12. The van der Waals surface area contributed by atoms with Crippen molar-refractivity contribution in [1.82, 2.24) is 15.1 Å². The highest BCUT2D eigenvalue weighted by Crippen LogP contribution is 2.31. The van der Waals surface area contributed by atoms with E-state index in [9.17, 15) is 14.4 Å². The number of fused-ring (bicyclic) bond motifs is 2. The molecule has 0 saturated carbocycles. The molecule has 3 aliphatic rings. The Morgan fingerprint density at radius 3 is 2.70 bits per heavy atom. The predicted molar refractivity (Wildman–Crippen MR) is 85.0 cm³/mol. The van der Waals surface area contributed by atoms with Crippen LogP contribution in [0.15, 0.2) is 17.5 Å². The zero-order valence-corrected chi connectivity index (χ0v) is 13.6. The van der Waals surface area contributed by atoms with Crippen LogP contribution in [0.4, 0.5) is 0 Å². The number of piperazine rings is 1. The number of nitrogens with zero attached hydrogens (tertiary/aromatic N) is 2. The highest BCUT2D eigenvalue weighted by atomic mass is 32.1. The average molecular weight is 333 g/mol. The largest absolute Gasteiger partial charge is 0.348 e. The number of rotatable bonds is 2. The number of amides is 3. The minimum Gasteiger partial charge on any atom is -0.348 e. The molecule has 0 spiro atoms. The molecule has 1 aromatic heterocycles. The van der Waals surface area contributed by atoms with Crippen molar-refractivity contribution in [3.05, 3.63) is 22.4 Å². The molecule has 3 amide bonds. The molecule has 1 aromatic rings. The molecule has 3 aliphatic heterocycles. The molecule has 0 aromatic carbocycles. The first-order valence-electron chi connectivity index (χ1n) is 8.10. The molecule has 4 rings (SSSR count). The first-order valence-corrected chi connectivity index (χ1v) is 8.98. The molecule has 3 fully saturated rings. The highest BCUT2D eigenvalue weighted by Gasteiger charge is 2.49. The van der Waals surface area contributed by atoms with Crippen LogP contribution in [0, 0.1) is 0 Å². The van der Waals surface area contributed by atoms with Gasteiger partial charge in [-0.3, -0.25) is 14.4 Å². The zero-order valence-electron chi connectivity index (χ0n) is 12.7. The van der Waals surface area contributed by atoms with Gasteiger partial charge in [-0.1, -0.05) is 6.07 Å². The molecular formula is C16H19N3O3S. The lowest BCUT2D eigenvalue weighted by molar-refractivity contribution is -0.161. The fourth-order valence-electron chi connectivity index (χ4n) is 3.93. The van der Waals surface area contributed by atoms with E-state index in [-0.39, 0.29) is 29.8 Å². The average Bonchev–Trinajstić information content (AvgIpc) is 3.23. The second-order valence-corrected chi connectivity index (χ2v) is 7.36. The maximum absolute atomic E-state index is 12.7. The van der Waals surface area contributed by atoms with Gasteiger partial charge in [-0.15, -0.1) is 11.3 Å². The van der Waals surface area contributed by atoms with E-state index in [0.717, 1.165) is 12.8 Å². The lowest BCUT2D eigenvalue weighted by atomic mass is 9.92. The van der Waals surface area contributed by atoms with E-state index in [4.69, 9.17) is 0 Å². The Morgan fingerprint density at radius 2 is 1.91 bits per heavy atom. The fraction of sp³-hybridized carbons (Fsp3) is 0.562. The van der Waals surface area contributed by atoms with E-state index < -0.39 is 6.04 Å². The van der Waals surface area contributed by atoms with Gasteiger partial charge in [-0.25, -0.2) is 0 Å². The Balaban J connectivity index is 1.47. The number of nitrogens with one attached hydrogen (secondary N) is 1. The predicted octanol–water partition coefficient (Wildman–Crippen LogP) is 0.842. The van der Waals surface area contributed by atoms with Crippen molar-refractivity contribution in [2.45, 2.75) is 43.8 Å². The molecule has 7 heteroatoms. The van der Waals surface area contributed by atoms with E-state index in [1.807, 2.05) is 11.4 Å². The Hall–Kier alpha value is -1.89. The monoisotopic (exact) mass is 333 g/mol. The molecule has 0 unspecified atom stereocenters. The third kappa shape index (κ3) is 2.43. The molecule has 3 saturated heterocycles. The van der Waals surface area contributed by atoms with Gasteiger partial charge in [-0.05, 0) is 37.1 Å². The molecule has 0 aliphatic carbocycles. The number of carbonyl (C=O) groups is 3. The van der Waals surface area contributed by atoms with Crippen LogP contribution < -0.4 is 5.32 Å². The summed E-state index contributed by atoms with van der Waals surface area (Å²) in [4.78, 5) is 41.6. The summed E-state index contributed by atoms with van der Waals surface area (Å²) in [5.74, 6) is 0.0596. The fourth-order valence-corrected chi connectivity index (χ4v) is 4.56. The van der Waals surface area contributed by atoms with Crippen LogP contribution in [-0.4, -0.2) is 58.7 Å². The maximum Gasteiger partial charge on any atom is 0.261 e. The molecular weight excluding hydrogens is 314 g/mol. The summed E-state index contributed by atoms with van der Waals surface area (Å²) in [6.45, 7) is 1.24. The summed E-state index contributed by atoms with van der Waals surface area (Å²) in [5.41, 5.74) is 0. The van der Waals surface area contributed by atoms with Gasteiger partial charge < -0.3 is 15.1 Å².